The Kier molecular flexibility index (Phi) is 10.3. The number of halogens is 4. The number of carbonyl (C=O) groups is 2. The Morgan fingerprint density at radius 1 is 0.942 bits per heavy atom. The summed E-state index contributed by atoms with van der Waals surface area (Å²) in [6.07, 6.45) is -1.79. The first-order valence-electron chi connectivity index (χ1n) is 18.0. The molecule has 0 saturated carbocycles. The number of aromatic nitrogens is 3. The van der Waals surface area contributed by atoms with Crippen molar-refractivity contribution in [2.75, 3.05) is 52.0 Å². The number of piperazine rings is 1. The lowest BCUT2D eigenvalue weighted by molar-refractivity contribution is -0.143. The summed E-state index contributed by atoms with van der Waals surface area (Å²) in [6.45, 7) is 2.62. The second-order valence-corrected chi connectivity index (χ2v) is 14.9. The number of hydrogen-bond acceptors (Lipinski definition) is 8. The van der Waals surface area contributed by atoms with E-state index < -0.39 is 35.5 Å². The molecule has 4 aliphatic heterocycles. The van der Waals surface area contributed by atoms with Gasteiger partial charge in [-0.05, 0) is 63.3 Å². The first kappa shape index (κ1) is 36.3. The fraction of sp³-hybridized carbons (Fsp3) is 0.556. The van der Waals surface area contributed by atoms with Crippen LogP contribution in [0, 0.1) is 0 Å². The topological polar surface area (TPSA) is 133 Å². The predicted molar refractivity (Wildman–Crippen MR) is 189 cm³/mol. The van der Waals surface area contributed by atoms with Gasteiger partial charge >= 0.3 is 18.0 Å². The van der Waals surface area contributed by atoms with Gasteiger partial charge < -0.3 is 25.2 Å². The van der Waals surface area contributed by atoms with Gasteiger partial charge in [-0.1, -0.05) is 41.9 Å². The van der Waals surface area contributed by atoms with E-state index in [1.165, 1.54) is 28.5 Å². The van der Waals surface area contributed by atoms with Crippen molar-refractivity contribution < 1.29 is 27.5 Å². The summed E-state index contributed by atoms with van der Waals surface area (Å²) < 4.78 is 48.8. The van der Waals surface area contributed by atoms with E-state index in [9.17, 15) is 27.6 Å². The molecule has 52 heavy (non-hydrogen) atoms. The lowest BCUT2D eigenvalue weighted by Crippen LogP contribution is -2.57. The van der Waals surface area contributed by atoms with Gasteiger partial charge in [0.1, 0.15) is 0 Å². The Morgan fingerprint density at radius 2 is 1.60 bits per heavy atom. The van der Waals surface area contributed by atoms with Gasteiger partial charge in [-0.2, -0.15) is 13.2 Å². The van der Waals surface area contributed by atoms with Crippen LogP contribution in [-0.4, -0.2) is 117 Å². The number of benzene rings is 2. The van der Waals surface area contributed by atoms with Gasteiger partial charge in [0, 0.05) is 69.4 Å². The van der Waals surface area contributed by atoms with Crippen LogP contribution in [-0.2, 0) is 22.1 Å². The van der Waals surface area contributed by atoms with Gasteiger partial charge in [0.05, 0.1) is 22.3 Å². The van der Waals surface area contributed by atoms with Crippen molar-refractivity contribution in [3.63, 3.8) is 0 Å². The summed E-state index contributed by atoms with van der Waals surface area (Å²) in [5.41, 5.74) is 4.44. The molecule has 280 valence electrons. The molecule has 0 spiro atoms. The van der Waals surface area contributed by atoms with E-state index in [1.54, 1.807) is 4.90 Å². The number of ether oxygens (including phenoxy) is 1. The Morgan fingerprint density at radius 3 is 2.23 bits per heavy atom. The molecule has 3 atom stereocenters. The molecule has 2 amide bonds. The number of nitrogens with two attached hydrogens (primary N) is 1. The summed E-state index contributed by atoms with van der Waals surface area (Å²) in [7, 11) is 2.20. The monoisotopic (exact) mass is 744 g/mol. The van der Waals surface area contributed by atoms with Gasteiger partial charge in [-0.3, -0.25) is 14.7 Å². The molecule has 0 aliphatic carbocycles. The van der Waals surface area contributed by atoms with Crippen molar-refractivity contribution in [3.05, 3.63) is 69.1 Å². The number of nitrogen functional groups attached to an aromatic ring is 1. The predicted octanol–water partition coefficient (Wildman–Crippen LogP) is 4.65. The number of nitrogens with one attached hydrogen (secondary N) is 1. The van der Waals surface area contributed by atoms with Gasteiger partial charge in [0.15, 0.2) is 11.9 Å². The van der Waals surface area contributed by atoms with E-state index in [1.807, 2.05) is 30.3 Å². The number of fused-ring (bicyclic) bond motifs is 2. The molecule has 7 rings (SSSR count). The summed E-state index contributed by atoms with van der Waals surface area (Å²) in [5.74, 6) is -0.0195. The van der Waals surface area contributed by atoms with E-state index in [0.717, 1.165) is 24.5 Å². The van der Waals surface area contributed by atoms with Gasteiger partial charge in [-0.25, -0.2) is 14.3 Å². The van der Waals surface area contributed by atoms with Crippen molar-refractivity contribution in [1.29, 1.82) is 0 Å². The molecule has 4 fully saturated rings. The number of alkyl halides is 3. The number of anilines is 1. The normalized spacial score (nSPS) is 23.9. The van der Waals surface area contributed by atoms with Crippen molar-refractivity contribution in [3.8, 4) is 11.4 Å². The lowest BCUT2D eigenvalue weighted by atomic mass is 9.96. The van der Waals surface area contributed by atoms with Crippen molar-refractivity contribution in [2.24, 2.45) is 0 Å². The Balaban J connectivity index is 1.03. The molecular formula is C36H44ClF3N8O4. The zero-order chi connectivity index (χ0) is 36.7. The van der Waals surface area contributed by atoms with Gasteiger partial charge in [0.2, 0.25) is 0 Å². The first-order chi connectivity index (χ1) is 24.9. The Hall–Kier alpha value is -4.08. The highest BCUT2D eigenvalue weighted by atomic mass is 35.5. The fourth-order valence-corrected chi connectivity index (χ4v) is 8.65. The maximum absolute atomic E-state index is 14.1. The molecule has 4 aliphatic rings. The summed E-state index contributed by atoms with van der Waals surface area (Å²) in [6, 6.07) is 12.8. The minimum Gasteiger partial charge on any atom is -0.436 e. The minimum absolute atomic E-state index is 0.0731. The summed E-state index contributed by atoms with van der Waals surface area (Å²) in [5, 5.41) is 4.19. The first-order valence-corrected chi connectivity index (χ1v) is 18.3. The smallest absolute Gasteiger partial charge is 0.418 e. The van der Waals surface area contributed by atoms with Crippen LogP contribution in [0.3, 0.4) is 0 Å². The lowest BCUT2D eigenvalue weighted by Gasteiger charge is -2.45. The van der Waals surface area contributed by atoms with Crippen LogP contribution in [0.25, 0.3) is 11.4 Å². The quantitative estimate of drug-likeness (QED) is 0.335. The number of hydrogen-bond donors (Lipinski definition) is 2. The third kappa shape index (κ3) is 7.53. The summed E-state index contributed by atoms with van der Waals surface area (Å²) >= 11 is 6.12. The number of aromatic amines is 1. The van der Waals surface area contributed by atoms with E-state index in [-0.39, 0.29) is 41.8 Å². The minimum atomic E-state index is -4.77. The Bertz CT molecular complexity index is 1810. The molecule has 2 aromatic carbocycles. The SMILES string of the molecule is CN1C2CCC1CC(N1CCN(C(=O)[C@@H](Cc3cc(Cl)c(N)c(C(F)(F)F)c3)OC(=O)N3CCC(n4nc(-c5ccccc5)[nH]c4=O)CC3)CC1)C2. The van der Waals surface area contributed by atoms with Crippen LogP contribution < -0.4 is 11.4 Å². The van der Waals surface area contributed by atoms with Crippen LogP contribution in [0.1, 0.15) is 55.7 Å². The highest BCUT2D eigenvalue weighted by Gasteiger charge is 2.42. The molecule has 16 heteroatoms. The zero-order valence-electron chi connectivity index (χ0n) is 29.0. The van der Waals surface area contributed by atoms with Crippen LogP contribution in [0.4, 0.5) is 23.7 Å². The third-order valence-corrected chi connectivity index (χ3v) is 11.7. The number of rotatable bonds is 7. The number of amides is 2. The zero-order valence-corrected chi connectivity index (χ0v) is 29.8. The van der Waals surface area contributed by atoms with Crippen LogP contribution >= 0.6 is 11.6 Å². The number of H-pyrrole nitrogens is 1. The van der Waals surface area contributed by atoms with E-state index >= 15 is 0 Å². The maximum Gasteiger partial charge on any atom is 0.418 e. The van der Waals surface area contributed by atoms with E-state index in [0.29, 0.717) is 63.0 Å². The number of nitrogens with zero attached hydrogens (tertiary/aromatic N) is 6. The fourth-order valence-electron chi connectivity index (χ4n) is 8.41. The van der Waals surface area contributed by atoms with E-state index in [4.69, 9.17) is 22.1 Å². The second-order valence-electron chi connectivity index (χ2n) is 14.5. The average molecular weight is 745 g/mol. The highest BCUT2D eigenvalue weighted by molar-refractivity contribution is 6.33. The number of likely N-dealkylation sites (tertiary alicyclic amines) is 1. The molecule has 0 radical (unpaired) electrons. The standard InChI is InChI=1S/C36H44ClF3N8O4/c1-44-25-7-8-26(44)21-27(20-25)45-13-15-46(16-14-45)33(49)30(19-22-17-28(36(38,39)40)31(41)29(37)18-22)52-35(51)47-11-9-24(10-12-47)48-34(50)42-32(43-48)23-5-3-2-4-6-23/h2-6,17-18,24-27,30H,7-16,19-21,41H2,1H3,(H,42,43,50)/t25?,26?,27?,30-/m1/s1. The highest BCUT2D eigenvalue weighted by Crippen LogP contribution is 2.39. The second kappa shape index (κ2) is 14.7. The molecule has 2 unspecified atom stereocenters. The van der Waals surface area contributed by atoms with Crippen LogP contribution in [0.15, 0.2) is 47.3 Å². The number of carbonyl (C=O) groups excluding carboxylic acids is 2. The van der Waals surface area contributed by atoms with E-state index in [2.05, 4.69) is 26.9 Å². The molecular weight excluding hydrogens is 701 g/mol. The molecule has 1 aromatic heterocycles. The molecule has 2 bridgehead atoms. The summed E-state index contributed by atoms with van der Waals surface area (Å²) in [4.78, 5) is 51.2. The molecule has 4 saturated heterocycles. The molecule has 3 aromatic rings. The molecule has 5 heterocycles. The molecule has 3 N–H and O–H groups in total. The largest absolute Gasteiger partial charge is 0.436 e. The van der Waals surface area contributed by atoms with Crippen molar-refractivity contribution in [1.82, 2.24) is 34.4 Å². The third-order valence-electron chi connectivity index (χ3n) is 11.4. The van der Waals surface area contributed by atoms with Crippen molar-refractivity contribution >= 4 is 29.3 Å². The maximum atomic E-state index is 14.1. The van der Waals surface area contributed by atoms with Crippen LogP contribution in [0.2, 0.25) is 5.02 Å². The van der Waals surface area contributed by atoms with Crippen molar-refractivity contribution in [2.45, 2.75) is 81.4 Å². The molecule has 12 nitrogen and oxygen atoms in total. The average Bonchev–Trinajstić information content (AvgIpc) is 3.60. The Labute approximate surface area is 304 Å². The van der Waals surface area contributed by atoms with Gasteiger partial charge in [-0.15, -0.1) is 5.10 Å². The van der Waals surface area contributed by atoms with Crippen LogP contribution in [0.5, 0.6) is 0 Å². The van der Waals surface area contributed by atoms with Gasteiger partial charge in [0.25, 0.3) is 5.91 Å². The number of piperidine rings is 2.